The number of thiazole rings is 1. The molecule has 0 aliphatic heterocycles. The zero-order valence-electron chi connectivity index (χ0n) is 9.53. The van der Waals surface area contributed by atoms with E-state index >= 15 is 0 Å². The van der Waals surface area contributed by atoms with Gasteiger partial charge in [0.2, 0.25) is 0 Å². The standard InChI is InChI=1S/C13H15BrN2S/c14-9-4-5-12-11(6-9)16-13(17-12)10-3-1-2-8(10)7-15/h4-6,8,10H,1-3,7,15H2. The number of fused-ring (bicyclic) bond motifs is 1. The van der Waals surface area contributed by atoms with E-state index in [9.17, 15) is 0 Å². The van der Waals surface area contributed by atoms with Crippen molar-refractivity contribution < 1.29 is 0 Å². The topological polar surface area (TPSA) is 38.9 Å². The zero-order chi connectivity index (χ0) is 11.8. The number of hydrogen-bond acceptors (Lipinski definition) is 3. The molecule has 2 nitrogen and oxygen atoms in total. The number of halogens is 1. The second-order valence-electron chi connectivity index (χ2n) is 4.70. The van der Waals surface area contributed by atoms with Gasteiger partial charge in [0.1, 0.15) is 0 Å². The van der Waals surface area contributed by atoms with Crippen LogP contribution in [0.4, 0.5) is 0 Å². The summed E-state index contributed by atoms with van der Waals surface area (Å²) in [6.07, 6.45) is 3.82. The smallest absolute Gasteiger partial charge is 0.0972 e. The summed E-state index contributed by atoms with van der Waals surface area (Å²) in [5, 5.41) is 1.28. The highest BCUT2D eigenvalue weighted by atomic mass is 79.9. The molecule has 0 amide bonds. The molecular formula is C13H15BrN2S. The number of nitrogens with two attached hydrogens (primary N) is 1. The third kappa shape index (κ3) is 2.14. The van der Waals surface area contributed by atoms with Crippen molar-refractivity contribution in [1.29, 1.82) is 0 Å². The van der Waals surface area contributed by atoms with Crippen molar-refractivity contribution in [3.05, 3.63) is 27.7 Å². The van der Waals surface area contributed by atoms with Crippen LogP contribution in [0.15, 0.2) is 22.7 Å². The Labute approximate surface area is 113 Å². The van der Waals surface area contributed by atoms with E-state index < -0.39 is 0 Å². The lowest BCUT2D eigenvalue weighted by Gasteiger charge is -2.14. The summed E-state index contributed by atoms with van der Waals surface area (Å²) in [5.74, 6) is 1.23. The van der Waals surface area contributed by atoms with Gasteiger partial charge in [-0.25, -0.2) is 4.98 Å². The van der Waals surface area contributed by atoms with Gasteiger partial charge in [0.25, 0.3) is 0 Å². The predicted molar refractivity (Wildman–Crippen MR) is 76.5 cm³/mol. The third-order valence-electron chi connectivity index (χ3n) is 3.65. The molecule has 1 saturated carbocycles. The van der Waals surface area contributed by atoms with Crippen molar-refractivity contribution in [1.82, 2.24) is 4.98 Å². The van der Waals surface area contributed by atoms with Crippen LogP contribution in [0, 0.1) is 5.92 Å². The lowest BCUT2D eigenvalue weighted by Crippen LogP contribution is -2.16. The summed E-state index contributed by atoms with van der Waals surface area (Å²) in [7, 11) is 0. The Balaban J connectivity index is 2.00. The average Bonchev–Trinajstić information content (AvgIpc) is 2.93. The minimum Gasteiger partial charge on any atom is -0.330 e. The van der Waals surface area contributed by atoms with Crippen LogP contribution in [-0.4, -0.2) is 11.5 Å². The fourth-order valence-corrected chi connectivity index (χ4v) is 4.25. The molecule has 2 atom stereocenters. The number of aromatic nitrogens is 1. The van der Waals surface area contributed by atoms with Crippen molar-refractivity contribution in [3.63, 3.8) is 0 Å². The molecule has 3 rings (SSSR count). The Kier molecular flexibility index (Phi) is 3.19. The maximum Gasteiger partial charge on any atom is 0.0972 e. The van der Waals surface area contributed by atoms with Crippen molar-refractivity contribution in [3.8, 4) is 0 Å². The number of benzene rings is 1. The van der Waals surface area contributed by atoms with E-state index in [0.29, 0.717) is 11.8 Å². The molecule has 1 aliphatic rings. The van der Waals surface area contributed by atoms with Gasteiger partial charge < -0.3 is 5.73 Å². The minimum absolute atomic E-state index is 0.594. The van der Waals surface area contributed by atoms with Crippen LogP contribution in [0.25, 0.3) is 10.2 Å². The lowest BCUT2D eigenvalue weighted by atomic mass is 9.97. The van der Waals surface area contributed by atoms with Crippen LogP contribution in [0.2, 0.25) is 0 Å². The molecule has 17 heavy (non-hydrogen) atoms. The molecule has 4 heteroatoms. The van der Waals surface area contributed by atoms with Crippen molar-refractivity contribution in [2.45, 2.75) is 25.2 Å². The van der Waals surface area contributed by atoms with Gasteiger partial charge >= 0.3 is 0 Å². The Morgan fingerprint density at radius 3 is 3.12 bits per heavy atom. The van der Waals surface area contributed by atoms with Gasteiger partial charge in [-0.05, 0) is 43.5 Å². The van der Waals surface area contributed by atoms with E-state index in [1.54, 1.807) is 0 Å². The van der Waals surface area contributed by atoms with Gasteiger partial charge in [0.05, 0.1) is 15.2 Å². The average molecular weight is 311 g/mol. The minimum atomic E-state index is 0.594. The van der Waals surface area contributed by atoms with Gasteiger partial charge in [0, 0.05) is 10.4 Å². The molecule has 0 bridgehead atoms. The van der Waals surface area contributed by atoms with Crippen LogP contribution in [-0.2, 0) is 0 Å². The van der Waals surface area contributed by atoms with E-state index in [1.807, 2.05) is 11.3 Å². The molecule has 0 saturated heterocycles. The Morgan fingerprint density at radius 2 is 2.29 bits per heavy atom. The highest BCUT2D eigenvalue weighted by Crippen LogP contribution is 2.41. The fourth-order valence-electron chi connectivity index (χ4n) is 2.72. The summed E-state index contributed by atoms with van der Waals surface area (Å²) < 4.78 is 2.38. The largest absolute Gasteiger partial charge is 0.330 e. The monoisotopic (exact) mass is 310 g/mol. The molecule has 1 aliphatic carbocycles. The summed E-state index contributed by atoms with van der Waals surface area (Å²) in [6.45, 7) is 0.796. The van der Waals surface area contributed by atoms with Crippen LogP contribution in [0.1, 0.15) is 30.2 Å². The SMILES string of the molecule is NCC1CCCC1c1nc2cc(Br)ccc2s1. The summed E-state index contributed by atoms with van der Waals surface area (Å²) in [6, 6.07) is 6.33. The summed E-state index contributed by atoms with van der Waals surface area (Å²) >= 11 is 5.33. The fraction of sp³-hybridized carbons (Fsp3) is 0.462. The Bertz CT molecular complexity index is 537. The van der Waals surface area contributed by atoms with Crippen molar-refractivity contribution in [2.24, 2.45) is 11.7 Å². The molecule has 1 fully saturated rings. The first-order chi connectivity index (χ1) is 8.28. The van der Waals surface area contributed by atoms with E-state index in [2.05, 4.69) is 34.1 Å². The second-order valence-corrected chi connectivity index (χ2v) is 6.68. The summed E-state index contributed by atoms with van der Waals surface area (Å²) in [4.78, 5) is 4.79. The maximum atomic E-state index is 5.85. The van der Waals surface area contributed by atoms with Gasteiger partial charge in [-0.3, -0.25) is 0 Å². The molecule has 1 aromatic carbocycles. The second kappa shape index (κ2) is 4.67. The first kappa shape index (κ1) is 11.6. The van der Waals surface area contributed by atoms with Gasteiger partial charge in [0.15, 0.2) is 0 Å². The number of nitrogens with zero attached hydrogens (tertiary/aromatic N) is 1. The molecule has 2 aromatic rings. The van der Waals surface area contributed by atoms with E-state index in [1.165, 1.54) is 29.0 Å². The highest BCUT2D eigenvalue weighted by Gasteiger charge is 2.29. The molecule has 2 N–H and O–H groups in total. The molecule has 2 unspecified atom stereocenters. The molecule has 1 heterocycles. The highest BCUT2D eigenvalue weighted by molar-refractivity contribution is 9.10. The van der Waals surface area contributed by atoms with Crippen molar-refractivity contribution in [2.75, 3.05) is 6.54 Å². The molecule has 0 spiro atoms. The normalized spacial score (nSPS) is 24.6. The first-order valence-electron chi connectivity index (χ1n) is 6.04. The molecule has 1 aromatic heterocycles. The van der Waals surface area contributed by atoms with Gasteiger partial charge in [-0.1, -0.05) is 22.4 Å². The third-order valence-corrected chi connectivity index (χ3v) is 5.31. The van der Waals surface area contributed by atoms with E-state index in [4.69, 9.17) is 10.7 Å². The van der Waals surface area contributed by atoms with Crippen LogP contribution < -0.4 is 5.73 Å². The number of rotatable bonds is 2. The van der Waals surface area contributed by atoms with Gasteiger partial charge in [-0.2, -0.15) is 0 Å². The first-order valence-corrected chi connectivity index (χ1v) is 7.65. The van der Waals surface area contributed by atoms with Crippen LogP contribution in [0.5, 0.6) is 0 Å². The maximum absolute atomic E-state index is 5.85. The van der Waals surface area contributed by atoms with Crippen LogP contribution >= 0.6 is 27.3 Å². The quantitative estimate of drug-likeness (QED) is 0.913. The van der Waals surface area contributed by atoms with Gasteiger partial charge in [-0.15, -0.1) is 11.3 Å². The molecule has 90 valence electrons. The van der Waals surface area contributed by atoms with Crippen LogP contribution in [0.3, 0.4) is 0 Å². The zero-order valence-corrected chi connectivity index (χ0v) is 11.9. The van der Waals surface area contributed by atoms with E-state index in [0.717, 1.165) is 16.5 Å². The Hall–Kier alpha value is -0.450. The predicted octanol–water partition coefficient (Wildman–Crippen LogP) is 3.90. The molecular weight excluding hydrogens is 296 g/mol. The number of hydrogen-bond donors (Lipinski definition) is 1. The Morgan fingerprint density at radius 1 is 1.41 bits per heavy atom. The lowest BCUT2D eigenvalue weighted by molar-refractivity contribution is 0.495. The van der Waals surface area contributed by atoms with Crippen molar-refractivity contribution >= 4 is 37.5 Å². The molecule has 0 radical (unpaired) electrons. The summed E-state index contributed by atoms with van der Waals surface area (Å²) in [5.41, 5.74) is 6.96. The van der Waals surface area contributed by atoms with E-state index in [-0.39, 0.29) is 0 Å².